The zero-order chi connectivity index (χ0) is 16.2. The van der Waals surface area contributed by atoms with Crippen LogP contribution in [0, 0.1) is 0 Å². The number of benzene rings is 1. The second kappa shape index (κ2) is 6.61. The molecule has 0 bridgehead atoms. The first-order chi connectivity index (χ1) is 10.5. The molecule has 0 aliphatic carbocycles. The largest absolute Gasteiger partial charge is 0.469 e. The molecule has 0 amide bonds. The van der Waals surface area contributed by atoms with Crippen molar-refractivity contribution in [2.24, 2.45) is 0 Å². The molecule has 0 fully saturated rings. The minimum atomic E-state index is -3.35. The molecule has 6 nitrogen and oxygen atoms in total. The van der Waals surface area contributed by atoms with Crippen LogP contribution < -0.4 is 0 Å². The lowest BCUT2D eigenvalue weighted by atomic mass is 10.1. The Hall–Kier alpha value is -2.35. The summed E-state index contributed by atoms with van der Waals surface area (Å²) in [6, 6.07) is 5.33. The van der Waals surface area contributed by atoms with Crippen molar-refractivity contribution in [1.82, 2.24) is 10.1 Å². The van der Waals surface area contributed by atoms with Gasteiger partial charge in [-0.15, -0.1) is 0 Å². The van der Waals surface area contributed by atoms with Crippen LogP contribution in [0.5, 0.6) is 0 Å². The van der Waals surface area contributed by atoms with E-state index in [9.17, 15) is 13.6 Å². The van der Waals surface area contributed by atoms with Gasteiger partial charge < -0.3 is 14.0 Å². The lowest BCUT2D eigenvalue weighted by molar-refractivity contribution is -0.231. The van der Waals surface area contributed by atoms with E-state index in [4.69, 9.17) is 4.52 Å². The van der Waals surface area contributed by atoms with Crippen LogP contribution in [0.4, 0.5) is 8.78 Å². The number of nitrogens with zero attached hydrogens (tertiary/aromatic N) is 2. The Balaban J connectivity index is 2.09. The first kappa shape index (κ1) is 16.0. The summed E-state index contributed by atoms with van der Waals surface area (Å²) in [5.41, 5.74) is 0.247. The van der Waals surface area contributed by atoms with Crippen LogP contribution in [-0.2, 0) is 26.8 Å². The highest BCUT2D eigenvalue weighted by Crippen LogP contribution is 2.29. The standard InChI is InChI=1S/C14H14F2N2O4/c1-20-12(19)8-7-11-17-13(18-22-11)9-3-5-10(6-4-9)14(15,16)21-2/h3-6H,7-8H2,1-2H3. The van der Waals surface area contributed by atoms with Crippen LogP contribution in [0.1, 0.15) is 17.9 Å². The third-order valence-corrected chi connectivity index (χ3v) is 2.97. The number of ether oxygens (including phenoxy) is 2. The van der Waals surface area contributed by atoms with Gasteiger partial charge in [-0.25, -0.2) is 0 Å². The number of hydrogen-bond acceptors (Lipinski definition) is 6. The van der Waals surface area contributed by atoms with Crippen molar-refractivity contribution < 1.29 is 27.6 Å². The zero-order valence-electron chi connectivity index (χ0n) is 12.0. The molecular weight excluding hydrogens is 298 g/mol. The molecule has 0 unspecified atom stereocenters. The quantitative estimate of drug-likeness (QED) is 0.763. The molecule has 0 aliphatic rings. The van der Waals surface area contributed by atoms with Gasteiger partial charge in [0.2, 0.25) is 11.7 Å². The average molecular weight is 312 g/mol. The fraction of sp³-hybridized carbons (Fsp3) is 0.357. The predicted molar refractivity (Wildman–Crippen MR) is 71.0 cm³/mol. The van der Waals surface area contributed by atoms with Crippen molar-refractivity contribution in [2.75, 3.05) is 14.2 Å². The smallest absolute Gasteiger partial charge is 0.383 e. The Kier molecular flexibility index (Phi) is 4.81. The highest BCUT2D eigenvalue weighted by atomic mass is 19.3. The fourth-order valence-electron chi connectivity index (χ4n) is 1.72. The summed E-state index contributed by atoms with van der Waals surface area (Å²) in [6.07, 6.45) is -2.97. The summed E-state index contributed by atoms with van der Waals surface area (Å²) in [6.45, 7) is 0. The van der Waals surface area contributed by atoms with Crippen molar-refractivity contribution in [2.45, 2.75) is 19.0 Å². The topological polar surface area (TPSA) is 74.5 Å². The van der Waals surface area contributed by atoms with Crippen LogP contribution in [0.15, 0.2) is 28.8 Å². The number of esters is 1. The van der Waals surface area contributed by atoms with E-state index >= 15 is 0 Å². The number of methoxy groups -OCH3 is 2. The minimum absolute atomic E-state index is 0.122. The van der Waals surface area contributed by atoms with Gasteiger partial charge in [-0.2, -0.15) is 13.8 Å². The highest BCUT2D eigenvalue weighted by molar-refractivity contribution is 5.69. The van der Waals surface area contributed by atoms with Gasteiger partial charge in [0.25, 0.3) is 0 Å². The summed E-state index contributed by atoms with van der Waals surface area (Å²) >= 11 is 0. The Morgan fingerprint density at radius 3 is 2.55 bits per heavy atom. The number of carbonyl (C=O) groups is 1. The van der Waals surface area contributed by atoms with Crippen molar-refractivity contribution in [3.05, 3.63) is 35.7 Å². The molecular formula is C14H14F2N2O4. The maximum Gasteiger partial charge on any atom is 0.383 e. The number of hydrogen-bond donors (Lipinski definition) is 0. The van der Waals surface area contributed by atoms with Gasteiger partial charge in [0.05, 0.1) is 19.1 Å². The maximum absolute atomic E-state index is 13.3. The molecule has 1 heterocycles. The van der Waals surface area contributed by atoms with Crippen LogP contribution in [0.2, 0.25) is 0 Å². The fourth-order valence-corrected chi connectivity index (χ4v) is 1.72. The van der Waals surface area contributed by atoms with Gasteiger partial charge in [-0.1, -0.05) is 17.3 Å². The third-order valence-electron chi connectivity index (χ3n) is 2.97. The van der Waals surface area contributed by atoms with Gasteiger partial charge in [0.15, 0.2) is 0 Å². The number of aromatic nitrogens is 2. The molecule has 0 saturated carbocycles. The van der Waals surface area contributed by atoms with Crippen molar-refractivity contribution >= 4 is 5.97 Å². The van der Waals surface area contributed by atoms with E-state index in [-0.39, 0.29) is 36.1 Å². The van der Waals surface area contributed by atoms with Crippen LogP contribution in [0.25, 0.3) is 11.4 Å². The number of aryl methyl sites for hydroxylation is 1. The van der Waals surface area contributed by atoms with Crippen LogP contribution in [0.3, 0.4) is 0 Å². The van der Waals surface area contributed by atoms with Crippen LogP contribution >= 0.6 is 0 Å². The van der Waals surface area contributed by atoms with Crippen molar-refractivity contribution in [3.63, 3.8) is 0 Å². The Morgan fingerprint density at radius 1 is 1.27 bits per heavy atom. The summed E-state index contributed by atoms with van der Waals surface area (Å²) < 4.78 is 40.2. The summed E-state index contributed by atoms with van der Waals surface area (Å²) in [5, 5.41) is 3.75. The van der Waals surface area contributed by atoms with E-state index in [2.05, 4.69) is 19.6 Å². The average Bonchev–Trinajstić information content (AvgIpc) is 3.01. The molecule has 0 radical (unpaired) electrons. The van der Waals surface area contributed by atoms with Gasteiger partial charge in [0, 0.05) is 19.1 Å². The number of carbonyl (C=O) groups excluding carboxylic acids is 1. The molecule has 2 rings (SSSR count). The Bertz CT molecular complexity index is 641. The van der Waals surface area contributed by atoms with Gasteiger partial charge in [0.1, 0.15) is 0 Å². The van der Waals surface area contributed by atoms with E-state index in [0.29, 0.717) is 5.56 Å². The van der Waals surface area contributed by atoms with E-state index < -0.39 is 6.11 Å². The molecule has 1 aromatic heterocycles. The molecule has 8 heteroatoms. The second-order valence-electron chi connectivity index (χ2n) is 4.39. The lowest BCUT2D eigenvalue weighted by Gasteiger charge is -2.13. The molecule has 2 aromatic rings. The maximum atomic E-state index is 13.3. The predicted octanol–water partition coefficient (Wildman–Crippen LogP) is 2.54. The normalized spacial score (nSPS) is 11.5. The highest BCUT2D eigenvalue weighted by Gasteiger charge is 2.31. The molecule has 118 valence electrons. The first-order valence-corrected chi connectivity index (χ1v) is 6.39. The number of rotatable bonds is 6. The van der Waals surface area contributed by atoms with Crippen molar-refractivity contribution in [1.29, 1.82) is 0 Å². The molecule has 1 aromatic carbocycles. The minimum Gasteiger partial charge on any atom is -0.469 e. The first-order valence-electron chi connectivity index (χ1n) is 6.39. The molecule has 0 atom stereocenters. The molecule has 0 spiro atoms. The SMILES string of the molecule is COC(=O)CCc1nc(-c2ccc(C(F)(F)OC)cc2)no1. The molecule has 0 aliphatic heterocycles. The van der Waals surface area contributed by atoms with E-state index in [1.165, 1.54) is 31.4 Å². The van der Waals surface area contributed by atoms with Crippen molar-refractivity contribution in [3.8, 4) is 11.4 Å². The van der Waals surface area contributed by atoms with Gasteiger partial charge in [-0.05, 0) is 12.1 Å². The summed E-state index contributed by atoms with van der Waals surface area (Å²) in [7, 11) is 2.22. The molecule has 0 N–H and O–H groups in total. The lowest BCUT2D eigenvalue weighted by Crippen LogP contribution is -2.15. The number of alkyl halides is 2. The summed E-state index contributed by atoms with van der Waals surface area (Å²) in [5.74, 6) is 0.143. The third kappa shape index (κ3) is 3.64. The van der Waals surface area contributed by atoms with Crippen LogP contribution in [-0.4, -0.2) is 30.3 Å². The Labute approximate surface area is 125 Å². The second-order valence-corrected chi connectivity index (χ2v) is 4.39. The number of halogens is 2. The monoisotopic (exact) mass is 312 g/mol. The van der Waals surface area contributed by atoms with Gasteiger partial charge >= 0.3 is 12.1 Å². The van der Waals surface area contributed by atoms with E-state index in [1.54, 1.807) is 0 Å². The molecule has 0 saturated heterocycles. The van der Waals surface area contributed by atoms with Gasteiger partial charge in [-0.3, -0.25) is 4.79 Å². The zero-order valence-corrected chi connectivity index (χ0v) is 12.0. The summed E-state index contributed by atoms with van der Waals surface area (Å²) in [4.78, 5) is 15.1. The van der Waals surface area contributed by atoms with E-state index in [1.807, 2.05) is 0 Å². The molecule has 22 heavy (non-hydrogen) atoms. The van der Waals surface area contributed by atoms with E-state index in [0.717, 1.165) is 7.11 Å². The Morgan fingerprint density at radius 2 is 1.95 bits per heavy atom.